The molecule has 3 rings (SSSR count). The molecule has 0 aliphatic heterocycles. The van der Waals surface area contributed by atoms with Crippen molar-refractivity contribution in [3.63, 3.8) is 0 Å². The normalized spacial score (nSPS) is 15.2. The van der Waals surface area contributed by atoms with Crippen LogP contribution >= 0.6 is 0 Å². The number of aromatic nitrogens is 1. The topological polar surface area (TPSA) is 83.6 Å². The lowest BCUT2D eigenvalue weighted by Gasteiger charge is -2.25. The summed E-state index contributed by atoms with van der Waals surface area (Å²) >= 11 is 0. The van der Waals surface area contributed by atoms with Crippen molar-refractivity contribution in [1.82, 2.24) is 9.88 Å². The number of benzene rings is 1. The van der Waals surface area contributed by atoms with E-state index in [1.54, 1.807) is 6.92 Å². The Morgan fingerprint density at radius 2 is 1.96 bits per heavy atom. The van der Waals surface area contributed by atoms with Gasteiger partial charge < -0.3 is 14.4 Å². The van der Waals surface area contributed by atoms with Crippen molar-refractivity contribution in [3.05, 3.63) is 41.8 Å². The highest BCUT2D eigenvalue weighted by Gasteiger charge is 2.40. The molecule has 1 amide bonds. The van der Waals surface area contributed by atoms with Crippen LogP contribution in [0.5, 0.6) is 0 Å². The van der Waals surface area contributed by atoms with Crippen LogP contribution < -0.4 is 0 Å². The van der Waals surface area contributed by atoms with Crippen LogP contribution in [-0.2, 0) is 4.79 Å². The second-order valence-electron chi connectivity index (χ2n) is 5.76. The van der Waals surface area contributed by atoms with Crippen LogP contribution in [0.25, 0.3) is 11.5 Å². The molecule has 6 nitrogen and oxygen atoms in total. The lowest BCUT2D eigenvalue weighted by molar-refractivity contribution is -0.141. The van der Waals surface area contributed by atoms with E-state index in [9.17, 15) is 14.7 Å². The number of aryl methyl sites for hydroxylation is 1. The number of carboxylic acid groups (broad SMARTS) is 1. The third kappa shape index (κ3) is 2.97. The molecule has 6 heteroatoms. The molecule has 1 atom stereocenters. The van der Waals surface area contributed by atoms with Gasteiger partial charge in [0.2, 0.25) is 11.7 Å². The first-order valence-corrected chi connectivity index (χ1v) is 7.57. The van der Waals surface area contributed by atoms with Crippen molar-refractivity contribution in [2.24, 2.45) is 0 Å². The van der Waals surface area contributed by atoms with Crippen molar-refractivity contribution in [2.75, 3.05) is 0 Å². The second-order valence-corrected chi connectivity index (χ2v) is 5.76. The predicted octanol–water partition coefficient (Wildman–Crippen LogP) is 2.73. The van der Waals surface area contributed by atoms with Gasteiger partial charge in [-0.1, -0.05) is 18.2 Å². The average Bonchev–Trinajstić information content (AvgIpc) is 3.29. The number of hydrogen-bond donors (Lipinski definition) is 1. The van der Waals surface area contributed by atoms with Crippen LogP contribution in [0.1, 0.15) is 36.0 Å². The van der Waals surface area contributed by atoms with Gasteiger partial charge in [-0.05, 0) is 38.8 Å². The number of amides is 1. The molecule has 1 fully saturated rings. The third-order valence-electron chi connectivity index (χ3n) is 3.96. The number of nitrogens with zero attached hydrogens (tertiary/aromatic N) is 2. The highest BCUT2D eigenvalue weighted by molar-refractivity contribution is 5.95. The first-order chi connectivity index (χ1) is 11.0. The number of carbonyl (C=O) groups excluding carboxylic acids is 1. The Morgan fingerprint density at radius 1 is 1.30 bits per heavy atom. The molecule has 1 unspecified atom stereocenters. The second kappa shape index (κ2) is 5.87. The summed E-state index contributed by atoms with van der Waals surface area (Å²) in [4.78, 5) is 29.7. The van der Waals surface area contributed by atoms with Crippen molar-refractivity contribution in [3.8, 4) is 11.5 Å². The average molecular weight is 314 g/mol. The van der Waals surface area contributed by atoms with Gasteiger partial charge in [-0.25, -0.2) is 9.78 Å². The zero-order valence-corrected chi connectivity index (χ0v) is 13.0. The van der Waals surface area contributed by atoms with Crippen LogP contribution in [0.15, 0.2) is 34.7 Å². The number of carboxylic acids is 1. The van der Waals surface area contributed by atoms with Crippen molar-refractivity contribution >= 4 is 11.9 Å². The van der Waals surface area contributed by atoms with E-state index >= 15 is 0 Å². The zero-order valence-electron chi connectivity index (χ0n) is 13.0. The molecule has 0 bridgehead atoms. The largest absolute Gasteiger partial charge is 0.480 e. The molecule has 0 radical (unpaired) electrons. The summed E-state index contributed by atoms with van der Waals surface area (Å²) in [7, 11) is 0. The number of oxazole rings is 1. The Balaban J connectivity index is 1.93. The maximum Gasteiger partial charge on any atom is 0.326 e. The molecular formula is C17H18N2O4. The van der Waals surface area contributed by atoms with E-state index in [0.29, 0.717) is 11.6 Å². The molecule has 1 aliphatic rings. The van der Waals surface area contributed by atoms with Gasteiger partial charge in [-0.15, -0.1) is 0 Å². The summed E-state index contributed by atoms with van der Waals surface area (Å²) in [5, 5.41) is 9.24. The fraction of sp³-hybridized carbons (Fsp3) is 0.353. The van der Waals surface area contributed by atoms with E-state index in [1.165, 1.54) is 11.8 Å². The van der Waals surface area contributed by atoms with Gasteiger partial charge in [0.1, 0.15) is 6.04 Å². The smallest absolute Gasteiger partial charge is 0.326 e. The fourth-order valence-electron chi connectivity index (χ4n) is 2.55. The molecule has 1 aromatic carbocycles. The van der Waals surface area contributed by atoms with Gasteiger partial charge in [0.15, 0.2) is 0 Å². The van der Waals surface area contributed by atoms with Crippen molar-refractivity contribution < 1.29 is 19.1 Å². The van der Waals surface area contributed by atoms with E-state index in [-0.39, 0.29) is 11.8 Å². The Hall–Kier alpha value is -2.63. The van der Waals surface area contributed by atoms with Crippen LogP contribution in [0.3, 0.4) is 0 Å². The SMILES string of the molecule is Cc1nc(-c2ccccc2)oc1C(=O)N(C1CC1)C(C)C(=O)O. The van der Waals surface area contributed by atoms with Gasteiger partial charge in [-0.2, -0.15) is 0 Å². The van der Waals surface area contributed by atoms with Gasteiger partial charge in [-0.3, -0.25) is 4.79 Å². The van der Waals surface area contributed by atoms with E-state index in [2.05, 4.69) is 4.98 Å². The van der Waals surface area contributed by atoms with Crippen molar-refractivity contribution in [1.29, 1.82) is 0 Å². The molecule has 0 saturated heterocycles. The maximum atomic E-state index is 12.8. The molecular weight excluding hydrogens is 296 g/mol. The maximum absolute atomic E-state index is 12.8. The predicted molar refractivity (Wildman–Crippen MR) is 83.0 cm³/mol. The minimum atomic E-state index is -1.02. The quantitative estimate of drug-likeness (QED) is 0.917. The summed E-state index contributed by atoms with van der Waals surface area (Å²) < 4.78 is 5.66. The highest BCUT2D eigenvalue weighted by atomic mass is 16.4. The van der Waals surface area contributed by atoms with Crippen molar-refractivity contribution in [2.45, 2.75) is 38.8 Å². The summed E-state index contributed by atoms with van der Waals surface area (Å²) in [5.74, 6) is -0.950. The Kier molecular flexibility index (Phi) is 3.90. The molecule has 1 saturated carbocycles. The standard InChI is InChI=1S/C17H18N2O4/c1-10-14(23-15(18-10)12-6-4-3-5-7-12)16(20)19(13-8-9-13)11(2)17(21)22/h3-7,11,13H,8-9H2,1-2H3,(H,21,22). The summed E-state index contributed by atoms with van der Waals surface area (Å²) in [5.41, 5.74) is 1.25. The van der Waals surface area contributed by atoms with Crippen LogP contribution in [-0.4, -0.2) is 39.0 Å². The third-order valence-corrected chi connectivity index (χ3v) is 3.96. The number of rotatable bonds is 5. The molecule has 1 heterocycles. The summed E-state index contributed by atoms with van der Waals surface area (Å²) in [6, 6.07) is 8.38. The monoisotopic (exact) mass is 314 g/mol. The summed E-state index contributed by atoms with van der Waals surface area (Å²) in [6.07, 6.45) is 1.64. The molecule has 1 aliphatic carbocycles. The van der Waals surface area contributed by atoms with Crippen LogP contribution in [0.4, 0.5) is 0 Å². The minimum absolute atomic E-state index is 0.0294. The Bertz CT molecular complexity index is 734. The number of carbonyl (C=O) groups is 2. The first-order valence-electron chi connectivity index (χ1n) is 7.57. The summed E-state index contributed by atoms with van der Waals surface area (Å²) in [6.45, 7) is 3.21. The highest BCUT2D eigenvalue weighted by Crippen LogP contribution is 2.32. The molecule has 1 N–H and O–H groups in total. The van der Waals surface area contributed by atoms with E-state index in [4.69, 9.17) is 4.42 Å². The molecule has 0 spiro atoms. The van der Waals surface area contributed by atoms with Crippen LogP contribution in [0.2, 0.25) is 0 Å². The lowest BCUT2D eigenvalue weighted by Crippen LogP contribution is -2.44. The molecule has 2 aromatic rings. The fourth-order valence-corrected chi connectivity index (χ4v) is 2.55. The zero-order chi connectivity index (χ0) is 16.6. The lowest BCUT2D eigenvalue weighted by atomic mass is 10.2. The van der Waals surface area contributed by atoms with Crippen LogP contribution in [0, 0.1) is 6.92 Å². The van der Waals surface area contributed by atoms with E-state index < -0.39 is 17.9 Å². The molecule has 1 aromatic heterocycles. The van der Waals surface area contributed by atoms with Gasteiger partial charge >= 0.3 is 5.97 Å². The Labute approximate surface area is 133 Å². The molecule has 120 valence electrons. The van der Waals surface area contributed by atoms with Gasteiger partial charge in [0.25, 0.3) is 5.91 Å². The minimum Gasteiger partial charge on any atom is -0.480 e. The Morgan fingerprint density at radius 3 is 2.52 bits per heavy atom. The number of aliphatic carboxylic acids is 1. The van der Waals surface area contributed by atoms with E-state index in [1.807, 2.05) is 30.3 Å². The van der Waals surface area contributed by atoms with Gasteiger partial charge in [0, 0.05) is 11.6 Å². The van der Waals surface area contributed by atoms with Gasteiger partial charge in [0.05, 0.1) is 5.69 Å². The van der Waals surface area contributed by atoms with E-state index in [0.717, 1.165) is 18.4 Å². The number of hydrogen-bond acceptors (Lipinski definition) is 4. The molecule has 23 heavy (non-hydrogen) atoms. The first kappa shape index (κ1) is 15.3.